The van der Waals surface area contributed by atoms with Crippen LogP contribution in [0.3, 0.4) is 0 Å². The van der Waals surface area contributed by atoms with Crippen LogP contribution in [0.25, 0.3) is 0 Å². The Hall–Kier alpha value is -1.55. The second-order valence-corrected chi connectivity index (χ2v) is 7.80. The second-order valence-electron chi connectivity index (χ2n) is 7.37. The Morgan fingerprint density at radius 3 is 2.12 bits per heavy atom. The van der Waals surface area contributed by atoms with E-state index in [1.54, 1.807) is 24.3 Å². The predicted octanol–water partition coefficient (Wildman–Crippen LogP) is 5.36. The van der Waals surface area contributed by atoms with Gasteiger partial charge in [0.2, 0.25) is 5.91 Å². The lowest BCUT2D eigenvalue weighted by Gasteiger charge is -2.35. The molecule has 140 valence electrons. The third kappa shape index (κ3) is 7.91. The molecule has 0 bridgehead atoms. The van der Waals surface area contributed by atoms with Gasteiger partial charge in [-0.3, -0.25) is 15.0 Å². The molecule has 25 heavy (non-hydrogen) atoms. The van der Waals surface area contributed by atoms with Gasteiger partial charge in [-0.05, 0) is 51.5 Å². The van der Waals surface area contributed by atoms with Crippen molar-refractivity contribution >= 4 is 23.4 Å². The lowest BCUT2D eigenvalue weighted by molar-refractivity contribution is -0.139. The molecule has 0 atom stereocenters. The maximum atomic E-state index is 12.6. The Balaban J connectivity index is 2.60. The number of hydrogen-bond acceptors (Lipinski definition) is 2. The molecule has 0 aliphatic rings. The smallest absolute Gasteiger partial charge is 0.269 e. The van der Waals surface area contributed by atoms with Crippen LogP contribution in [0.2, 0.25) is 5.02 Å². The maximum absolute atomic E-state index is 12.6. The van der Waals surface area contributed by atoms with E-state index in [1.807, 2.05) is 20.8 Å². The molecular formula is C20H31ClN2O2. The number of carbonyl (C=O) groups is 2. The Morgan fingerprint density at radius 2 is 1.56 bits per heavy atom. The first-order valence-electron chi connectivity index (χ1n) is 9.15. The fraction of sp³-hybridized carbons (Fsp3) is 0.600. The molecule has 0 saturated carbocycles. The van der Waals surface area contributed by atoms with Gasteiger partial charge in [-0.2, -0.15) is 0 Å². The number of amides is 2. The van der Waals surface area contributed by atoms with Gasteiger partial charge in [0.15, 0.2) is 0 Å². The molecule has 0 aromatic heterocycles. The summed E-state index contributed by atoms with van der Waals surface area (Å²) in [6.07, 6.45) is 7.20. The first-order chi connectivity index (χ1) is 11.8. The number of rotatable bonds is 8. The SMILES string of the molecule is CCCCCCCCC(=O)N(NC(=O)c1ccc(Cl)cc1)C(C)(C)C. The molecule has 1 N–H and O–H groups in total. The minimum Gasteiger partial charge on any atom is -0.273 e. The van der Waals surface area contributed by atoms with Crippen LogP contribution >= 0.6 is 11.6 Å². The van der Waals surface area contributed by atoms with E-state index in [4.69, 9.17) is 11.6 Å². The normalized spacial score (nSPS) is 11.2. The first-order valence-corrected chi connectivity index (χ1v) is 9.53. The van der Waals surface area contributed by atoms with Gasteiger partial charge in [-0.15, -0.1) is 0 Å². The minimum absolute atomic E-state index is 0.0506. The van der Waals surface area contributed by atoms with Crippen molar-refractivity contribution in [1.29, 1.82) is 0 Å². The van der Waals surface area contributed by atoms with E-state index in [2.05, 4.69) is 12.3 Å². The zero-order chi connectivity index (χ0) is 18.9. The fourth-order valence-electron chi connectivity index (χ4n) is 2.54. The van der Waals surface area contributed by atoms with Crippen LogP contribution in [0, 0.1) is 0 Å². The first kappa shape index (κ1) is 21.5. The summed E-state index contributed by atoms with van der Waals surface area (Å²) >= 11 is 5.85. The minimum atomic E-state index is -0.485. The Bertz CT molecular complexity index is 550. The number of hydrogen-bond donors (Lipinski definition) is 1. The molecule has 0 spiro atoms. The second kappa shape index (κ2) is 10.4. The maximum Gasteiger partial charge on any atom is 0.269 e. The summed E-state index contributed by atoms with van der Waals surface area (Å²) in [6, 6.07) is 6.62. The molecule has 4 nitrogen and oxygen atoms in total. The Kier molecular flexibility index (Phi) is 8.98. The lowest BCUT2D eigenvalue weighted by atomic mass is 10.1. The van der Waals surface area contributed by atoms with E-state index < -0.39 is 5.54 Å². The molecule has 0 aliphatic carbocycles. The third-order valence-corrected chi connectivity index (χ3v) is 4.24. The summed E-state index contributed by atoms with van der Waals surface area (Å²) in [6.45, 7) is 7.92. The Labute approximate surface area is 156 Å². The zero-order valence-corrected chi connectivity index (χ0v) is 16.7. The van der Waals surface area contributed by atoms with E-state index in [-0.39, 0.29) is 11.8 Å². The lowest BCUT2D eigenvalue weighted by Crippen LogP contribution is -2.55. The molecule has 1 rings (SSSR count). The summed E-state index contributed by atoms with van der Waals surface area (Å²) in [4.78, 5) is 25.0. The van der Waals surface area contributed by atoms with Crippen molar-refractivity contribution < 1.29 is 9.59 Å². The van der Waals surface area contributed by atoms with Crippen molar-refractivity contribution in [3.8, 4) is 0 Å². The highest BCUT2D eigenvalue weighted by Gasteiger charge is 2.28. The summed E-state index contributed by atoms with van der Waals surface area (Å²) in [7, 11) is 0. The summed E-state index contributed by atoms with van der Waals surface area (Å²) < 4.78 is 0. The third-order valence-electron chi connectivity index (χ3n) is 3.98. The van der Waals surface area contributed by atoms with Crippen molar-refractivity contribution in [1.82, 2.24) is 10.4 Å². The van der Waals surface area contributed by atoms with Crippen LogP contribution in [-0.4, -0.2) is 22.4 Å². The van der Waals surface area contributed by atoms with Gasteiger partial charge in [0.1, 0.15) is 0 Å². The number of unbranched alkanes of at least 4 members (excludes halogenated alkanes) is 5. The summed E-state index contributed by atoms with van der Waals surface area (Å²) in [5.41, 5.74) is 2.75. The monoisotopic (exact) mass is 366 g/mol. The highest BCUT2D eigenvalue weighted by atomic mass is 35.5. The molecule has 0 radical (unpaired) electrons. The van der Waals surface area contributed by atoms with E-state index in [1.165, 1.54) is 24.3 Å². The zero-order valence-electron chi connectivity index (χ0n) is 15.9. The molecule has 5 heteroatoms. The highest BCUT2D eigenvalue weighted by Crippen LogP contribution is 2.16. The molecule has 1 aromatic carbocycles. The molecule has 0 fully saturated rings. The molecule has 1 aromatic rings. The summed E-state index contributed by atoms with van der Waals surface area (Å²) in [5, 5.41) is 2.03. The van der Waals surface area contributed by atoms with Gasteiger partial charge in [0.25, 0.3) is 5.91 Å². The van der Waals surface area contributed by atoms with Gasteiger partial charge in [0, 0.05) is 17.0 Å². The molecule has 0 aliphatic heterocycles. The van der Waals surface area contributed by atoms with Gasteiger partial charge in [-0.25, -0.2) is 5.01 Å². The number of nitrogens with one attached hydrogen (secondary N) is 1. The van der Waals surface area contributed by atoms with Crippen molar-refractivity contribution in [2.24, 2.45) is 0 Å². The van der Waals surface area contributed by atoms with E-state index in [0.29, 0.717) is 17.0 Å². The molecular weight excluding hydrogens is 336 g/mol. The van der Waals surface area contributed by atoms with Gasteiger partial charge in [0.05, 0.1) is 5.54 Å². The van der Waals surface area contributed by atoms with Gasteiger partial charge < -0.3 is 0 Å². The number of carbonyl (C=O) groups excluding carboxylic acids is 2. The van der Waals surface area contributed by atoms with Crippen molar-refractivity contribution in [3.05, 3.63) is 34.9 Å². The quantitative estimate of drug-likeness (QED) is 0.497. The number of benzene rings is 1. The largest absolute Gasteiger partial charge is 0.273 e. The molecule has 0 heterocycles. The number of halogens is 1. The molecule has 0 saturated heterocycles. The van der Waals surface area contributed by atoms with Crippen LogP contribution in [0.5, 0.6) is 0 Å². The average Bonchev–Trinajstić information content (AvgIpc) is 2.55. The predicted molar refractivity (Wildman–Crippen MR) is 104 cm³/mol. The van der Waals surface area contributed by atoms with Gasteiger partial charge >= 0.3 is 0 Å². The van der Waals surface area contributed by atoms with Gasteiger partial charge in [-0.1, -0.05) is 50.6 Å². The molecule has 2 amide bonds. The Morgan fingerprint density at radius 1 is 1.00 bits per heavy atom. The fourth-order valence-corrected chi connectivity index (χ4v) is 2.67. The van der Waals surface area contributed by atoms with Crippen LogP contribution in [-0.2, 0) is 4.79 Å². The highest BCUT2D eigenvalue weighted by molar-refractivity contribution is 6.30. The van der Waals surface area contributed by atoms with E-state index in [0.717, 1.165) is 19.3 Å². The number of hydrazine groups is 1. The van der Waals surface area contributed by atoms with E-state index >= 15 is 0 Å². The van der Waals surface area contributed by atoms with Crippen LogP contribution in [0.15, 0.2) is 24.3 Å². The van der Waals surface area contributed by atoms with Crippen LogP contribution in [0.1, 0.15) is 83.0 Å². The summed E-state index contributed by atoms with van der Waals surface area (Å²) in [5.74, 6) is -0.354. The van der Waals surface area contributed by atoms with Crippen molar-refractivity contribution in [3.63, 3.8) is 0 Å². The van der Waals surface area contributed by atoms with Crippen molar-refractivity contribution in [2.75, 3.05) is 0 Å². The molecule has 0 unspecified atom stereocenters. The van der Waals surface area contributed by atoms with Crippen LogP contribution in [0.4, 0.5) is 0 Å². The number of nitrogens with zero attached hydrogens (tertiary/aromatic N) is 1. The van der Waals surface area contributed by atoms with Crippen molar-refractivity contribution in [2.45, 2.75) is 78.2 Å². The van der Waals surface area contributed by atoms with E-state index in [9.17, 15) is 9.59 Å². The average molecular weight is 367 g/mol. The topological polar surface area (TPSA) is 49.4 Å². The van der Waals surface area contributed by atoms with Crippen LogP contribution < -0.4 is 5.43 Å². The standard InChI is InChI=1S/C20H31ClN2O2/c1-5-6-7-8-9-10-11-18(24)23(20(2,3)4)22-19(25)16-12-14-17(21)15-13-16/h12-15H,5-11H2,1-4H3,(H,22,25).